The van der Waals surface area contributed by atoms with Crippen molar-refractivity contribution in [2.45, 2.75) is 6.42 Å². The zero-order valence-corrected chi connectivity index (χ0v) is 8.95. The lowest BCUT2D eigenvalue weighted by Crippen LogP contribution is -1.88. The smallest absolute Gasteiger partial charge is 0.0774 e. The average Bonchev–Trinajstić information content (AvgIpc) is 2.19. The van der Waals surface area contributed by atoms with Crippen LogP contribution in [0.4, 0.5) is 0 Å². The summed E-state index contributed by atoms with van der Waals surface area (Å²) in [5.41, 5.74) is 1.75. The molecule has 2 nitrogen and oxygen atoms in total. The minimum absolute atomic E-state index is 0.367. The highest BCUT2D eigenvalue weighted by atomic mass is 79.9. The quantitative estimate of drug-likeness (QED) is 0.776. The maximum absolute atomic E-state index is 8.54. The van der Waals surface area contributed by atoms with Gasteiger partial charge in [0.1, 0.15) is 0 Å². The Bertz CT molecular complexity index is 514. The molecule has 2 aromatic rings. The van der Waals surface area contributed by atoms with Crippen molar-refractivity contribution in [3.05, 3.63) is 40.5 Å². The van der Waals surface area contributed by atoms with Gasteiger partial charge in [0.25, 0.3) is 0 Å². The third-order valence-electron chi connectivity index (χ3n) is 1.97. The molecule has 0 spiro atoms. The predicted octanol–water partition coefficient (Wildman–Crippen LogP) is 3.06. The molecule has 0 aliphatic rings. The van der Waals surface area contributed by atoms with Crippen LogP contribution in [0.3, 0.4) is 0 Å². The average molecular weight is 247 g/mol. The highest BCUT2D eigenvalue weighted by Gasteiger charge is 1.98. The fourth-order valence-corrected chi connectivity index (χ4v) is 1.70. The van der Waals surface area contributed by atoms with Crippen molar-refractivity contribution in [1.29, 1.82) is 5.26 Å². The molecule has 14 heavy (non-hydrogen) atoms. The first-order chi connectivity index (χ1) is 6.79. The molecule has 0 unspecified atom stereocenters. The standard InChI is InChI=1S/C11H7BrN2/c12-9-2-4-11-8(7-9)1-3-10(14-11)5-6-13/h1-4,7H,5H2. The number of hydrogen-bond donors (Lipinski definition) is 0. The van der Waals surface area contributed by atoms with Crippen molar-refractivity contribution in [3.63, 3.8) is 0 Å². The van der Waals surface area contributed by atoms with Gasteiger partial charge in [-0.1, -0.05) is 22.0 Å². The number of hydrogen-bond acceptors (Lipinski definition) is 2. The van der Waals surface area contributed by atoms with E-state index in [0.29, 0.717) is 6.42 Å². The van der Waals surface area contributed by atoms with Crippen molar-refractivity contribution in [3.8, 4) is 6.07 Å². The van der Waals surface area contributed by atoms with Crippen molar-refractivity contribution in [2.75, 3.05) is 0 Å². The molecule has 0 saturated carbocycles. The van der Waals surface area contributed by atoms with Gasteiger partial charge < -0.3 is 0 Å². The summed E-state index contributed by atoms with van der Waals surface area (Å²) in [6.45, 7) is 0. The number of rotatable bonds is 1. The predicted molar refractivity (Wildman–Crippen MR) is 58.8 cm³/mol. The summed E-state index contributed by atoms with van der Waals surface area (Å²) in [6.07, 6.45) is 0.367. The minimum Gasteiger partial charge on any atom is -0.252 e. The topological polar surface area (TPSA) is 36.7 Å². The van der Waals surface area contributed by atoms with Gasteiger partial charge in [-0.3, -0.25) is 4.98 Å². The third-order valence-corrected chi connectivity index (χ3v) is 2.46. The summed E-state index contributed by atoms with van der Waals surface area (Å²) in [5.74, 6) is 0. The van der Waals surface area contributed by atoms with Crippen molar-refractivity contribution >= 4 is 26.8 Å². The maximum atomic E-state index is 8.54. The molecule has 2 rings (SSSR count). The van der Waals surface area contributed by atoms with E-state index in [4.69, 9.17) is 5.26 Å². The first-order valence-corrected chi connectivity index (χ1v) is 5.01. The molecule has 0 atom stereocenters. The Balaban J connectivity index is 2.57. The molecule has 1 aromatic heterocycles. The molecule has 0 fully saturated rings. The Morgan fingerprint density at radius 2 is 2.14 bits per heavy atom. The molecule has 68 valence electrons. The lowest BCUT2D eigenvalue weighted by atomic mass is 10.2. The first kappa shape index (κ1) is 9.17. The van der Waals surface area contributed by atoms with Gasteiger partial charge in [-0.25, -0.2) is 0 Å². The molecule has 0 aliphatic heterocycles. The summed E-state index contributed by atoms with van der Waals surface area (Å²) in [4.78, 5) is 4.36. The van der Waals surface area contributed by atoms with E-state index >= 15 is 0 Å². The van der Waals surface area contributed by atoms with Crippen LogP contribution < -0.4 is 0 Å². The number of benzene rings is 1. The first-order valence-electron chi connectivity index (χ1n) is 4.22. The van der Waals surface area contributed by atoms with Crippen LogP contribution in [0.15, 0.2) is 34.8 Å². The maximum Gasteiger partial charge on any atom is 0.0774 e. The van der Waals surface area contributed by atoms with Gasteiger partial charge in [0.15, 0.2) is 0 Å². The van der Waals surface area contributed by atoms with Crippen LogP contribution in [-0.2, 0) is 6.42 Å². The van der Waals surface area contributed by atoms with Gasteiger partial charge in [-0.15, -0.1) is 0 Å². The van der Waals surface area contributed by atoms with E-state index in [0.717, 1.165) is 21.1 Å². The van der Waals surface area contributed by atoms with E-state index in [2.05, 4.69) is 27.0 Å². The third kappa shape index (κ3) is 1.75. The normalized spacial score (nSPS) is 10.0. The van der Waals surface area contributed by atoms with Crippen molar-refractivity contribution in [1.82, 2.24) is 4.98 Å². The summed E-state index contributed by atoms with van der Waals surface area (Å²) < 4.78 is 1.04. The Morgan fingerprint density at radius 1 is 1.29 bits per heavy atom. The number of halogens is 1. The van der Waals surface area contributed by atoms with E-state index in [1.807, 2.05) is 30.3 Å². The van der Waals surface area contributed by atoms with Gasteiger partial charge in [0, 0.05) is 9.86 Å². The number of aromatic nitrogens is 1. The van der Waals surface area contributed by atoms with Crippen LogP contribution in [0.2, 0.25) is 0 Å². The number of pyridine rings is 1. The highest BCUT2D eigenvalue weighted by molar-refractivity contribution is 9.10. The zero-order valence-electron chi connectivity index (χ0n) is 7.37. The van der Waals surface area contributed by atoms with Crippen LogP contribution in [0.1, 0.15) is 5.69 Å². The number of nitriles is 1. The van der Waals surface area contributed by atoms with E-state index in [1.165, 1.54) is 0 Å². The van der Waals surface area contributed by atoms with Crippen LogP contribution in [0.25, 0.3) is 10.9 Å². The largest absolute Gasteiger partial charge is 0.252 e. The molecule has 0 bridgehead atoms. The van der Waals surface area contributed by atoms with Crippen molar-refractivity contribution in [2.24, 2.45) is 0 Å². The van der Waals surface area contributed by atoms with Crippen LogP contribution in [0.5, 0.6) is 0 Å². The SMILES string of the molecule is N#CCc1ccc2cc(Br)ccc2n1. The number of nitrogens with zero attached hydrogens (tertiary/aromatic N) is 2. The van der Waals surface area contributed by atoms with Crippen LogP contribution in [-0.4, -0.2) is 4.98 Å². The van der Waals surface area contributed by atoms with Gasteiger partial charge in [0.2, 0.25) is 0 Å². The van der Waals surface area contributed by atoms with E-state index in [-0.39, 0.29) is 0 Å². The minimum atomic E-state index is 0.367. The zero-order chi connectivity index (χ0) is 9.97. The molecule has 0 saturated heterocycles. The van der Waals surface area contributed by atoms with Gasteiger partial charge in [0.05, 0.1) is 23.7 Å². The van der Waals surface area contributed by atoms with Crippen LogP contribution >= 0.6 is 15.9 Å². The van der Waals surface area contributed by atoms with Gasteiger partial charge in [-0.2, -0.15) is 5.26 Å². The van der Waals surface area contributed by atoms with E-state index in [9.17, 15) is 0 Å². The lowest BCUT2D eigenvalue weighted by Gasteiger charge is -1.99. The Morgan fingerprint density at radius 3 is 2.93 bits per heavy atom. The molecular formula is C11H7BrN2. The molecule has 3 heteroatoms. The van der Waals surface area contributed by atoms with Gasteiger partial charge in [-0.05, 0) is 24.3 Å². The molecule has 1 heterocycles. The second-order valence-corrected chi connectivity index (χ2v) is 3.89. The molecule has 1 aromatic carbocycles. The Kier molecular flexibility index (Phi) is 2.47. The Labute approximate surface area is 90.3 Å². The summed E-state index contributed by atoms with van der Waals surface area (Å²) >= 11 is 3.40. The monoisotopic (exact) mass is 246 g/mol. The summed E-state index contributed by atoms with van der Waals surface area (Å²) in [5, 5.41) is 9.62. The van der Waals surface area contributed by atoms with E-state index in [1.54, 1.807) is 0 Å². The van der Waals surface area contributed by atoms with E-state index < -0.39 is 0 Å². The van der Waals surface area contributed by atoms with Crippen LogP contribution in [0, 0.1) is 11.3 Å². The van der Waals surface area contributed by atoms with Crippen molar-refractivity contribution < 1.29 is 0 Å². The second kappa shape index (κ2) is 3.77. The molecule has 0 aliphatic carbocycles. The lowest BCUT2D eigenvalue weighted by molar-refractivity contribution is 1.15. The highest BCUT2D eigenvalue weighted by Crippen LogP contribution is 2.18. The number of fused-ring (bicyclic) bond motifs is 1. The van der Waals surface area contributed by atoms with Gasteiger partial charge >= 0.3 is 0 Å². The fourth-order valence-electron chi connectivity index (χ4n) is 1.32. The summed E-state index contributed by atoms with van der Waals surface area (Å²) in [6, 6.07) is 11.9. The Hall–Kier alpha value is -1.40. The molecule has 0 N–H and O–H groups in total. The molecule has 0 amide bonds. The molecular weight excluding hydrogens is 240 g/mol. The molecule has 0 radical (unpaired) electrons. The summed E-state index contributed by atoms with van der Waals surface area (Å²) in [7, 11) is 0. The fraction of sp³-hybridized carbons (Fsp3) is 0.0909. The second-order valence-electron chi connectivity index (χ2n) is 2.97.